The lowest BCUT2D eigenvalue weighted by atomic mass is 9.99. The van der Waals surface area contributed by atoms with Gasteiger partial charge in [0.05, 0.1) is 15.6 Å². The molecule has 0 aliphatic heterocycles. The third kappa shape index (κ3) is 2.19. The largest absolute Gasteiger partial charge is 0.334 e. The van der Waals surface area contributed by atoms with Gasteiger partial charge in [-0.1, -0.05) is 24.1 Å². The molecule has 1 heterocycles. The van der Waals surface area contributed by atoms with Crippen molar-refractivity contribution in [2.45, 2.75) is 31.2 Å². The van der Waals surface area contributed by atoms with Gasteiger partial charge in [0.15, 0.2) is 5.82 Å². The fourth-order valence-corrected chi connectivity index (χ4v) is 2.80. The zero-order chi connectivity index (χ0) is 13.5. The molecule has 0 unspecified atom stereocenters. The van der Waals surface area contributed by atoms with Gasteiger partial charge < -0.3 is 10.3 Å². The molecular weight excluding hydrogens is 313 g/mol. The molecule has 0 atom stereocenters. The first-order chi connectivity index (χ1) is 9.10. The topological polar surface area (TPSA) is 64.9 Å². The van der Waals surface area contributed by atoms with Crippen LogP contribution >= 0.6 is 15.9 Å². The molecule has 3 rings (SSSR count). The van der Waals surface area contributed by atoms with E-state index in [1.165, 1.54) is 0 Å². The highest BCUT2D eigenvalue weighted by molar-refractivity contribution is 9.10. The van der Waals surface area contributed by atoms with Crippen LogP contribution in [0.25, 0.3) is 11.5 Å². The van der Waals surface area contributed by atoms with Crippen LogP contribution in [0.1, 0.15) is 31.5 Å². The van der Waals surface area contributed by atoms with Crippen LogP contribution in [0.15, 0.2) is 27.2 Å². The van der Waals surface area contributed by atoms with Crippen molar-refractivity contribution in [1.82, 2.24) is 10.1 Å². The quantitative estimate of drug-likeness (QED) is 0.919. The van der Waals surface area contributed by atoms with Crippen LogP contribution in [0.3, 0.4) is 0 Å². The molecule has 0 amide bonds. The maximum atomic E-state index is 14.0. The molecule has 19 heavy (non-hydrogen) atoms. The van der Waals surface area contributed by atoms with E-state index in [2.05, 4.69) is 26.1 Å². The van der Waals surface area contributed by atoms with Crippen molar-refractivity contribution in [3.05, 3.63) is 34.3 Å². The summed E-state index contributed by atoms with van der Waals surface area (Å²) in [6, 6.07) is 4.95. The first-order valence-electron chi connectivity index (χ1n) is 6.18. The van der Waals surface area contributed by atoms with Crippen molar-refractivity contribution in [2.24, 2.45) is 5.73 Å². The Bertz CT molecular complexity index is 608. The van der Waals surface area contributed by atoms with Crippen LogP contribution in [-0.4, -0.2) is 10.1 Å². The van der Waals surface area contributed by atoms with E-state index >= 15 is 0 Å². The Kier molecular flexibility index (Phi) is 3.14. The number of hydrogen-bond donors (Lipinski definition) is 1. The molecule has 1 aromatic heterocycles. The summed E-state index contributed by atoms with van der Waals surface area (Å²) in [6.07, 6.45) is 3.80. The SMILES string of the molecule is NC1(c2noc(-c3cccc(Br)c3F)n2)CCCC1. The van der Waals surface area contributed by atoms with Crippen LogP contribution in [0.4, 0.5) is 4.39 Å². The maximum Gasteiger partial charge on any atom is 0.261 e. The van der Waals surface area contributed by atoms with Crippen LogP contribution in [-0.2, 0) is 5.54 Å². The Labute approximate surface area is 118 Å². The van der Waals surface area contributed by atoms with Gasteiger partial charge in [0, 0.05) is 0 Å². The minimum absolute atomic E-state index is 0.172. The van der Waals surface area contributed by atoms with E-state index in [0.29, 0.717) is 10.3 Å². The molecular formula is C13H13BrFN3O. The highest BCUT2D eigenvalue weighted by Crippen LogP contribution is 2.36. The minimum atomic E-state index is -0.524. The number of nitrogens with zero attached hydrogens (tertiary/aromatic N) is 2. The van der Waals surface area contributed by atoms with Gasteiger partial charge in [-0.25, -0.2) is 4.39 Å². The van der Waals surface area contributed by atoms with E-state index in [0.717, 1.165) is 25.7 Å². The molecule has 100 valence electrons. The summed E-state index contributed by atoms with van der Waals surface area (Å²) in [6.45, 7) is 0. The second kappa shape index (κ2) is 4.68. The number of halogens is 2. The van der Waals surface area contributed by atoms with Gasteiger partial charge in [-0.2, -0.15) is 4.98 Å². The van der Waals surface area contributed by atoms with Crippen LogP contribution in [0.5, 0.6) is 0 Å². The first-order valence-corrected chi connectivity index (χ1v) is 6.97. The van der Waals surface area contributed by atoms with Crippen molar-refractivity contribution < 1.29 is 8.91 Å². The van der Waals surface area contributed by atoms with E-state index in [1.807, 2.05) is 0 Å². The molecule has 6 heteroatoms. The Morgan fingerprint density at radius 3 is 2.79 bits per heavy atom. The smallest absolute Gasteiger partial charge is 0.261 e. The first kappa shape index (κ1) is 12.7. The number of benzene rings is 1. The fraction of sp³-hybridized carbons (Fsp3) is 0.385. The van der Waals surface area contributed by atoms with Crippen molar-refractivity contribution >= 4 is 15.9 Å². The predicted molar refractivity (Wildman–Crippen MR) is 71.7 cm³/mol. The summed E-state index contributed by atoms with van der Waals surface area (Å²) >= 11 is 3.14. The van der Waals surface area contributed by atoms with Crippen LogP contribution in [0, 0.1) is 5.82 Å². The van der Waals surface area contributed by atoms with Crippen LogP contribution < -0.4 is 5.73 Å². The molecule has 0 radical (unpaired) electrons. The monoisotopic (exact) mass is 325 g/mol. The third-order valence-electron chi connectivity index (χ3n) is 3.55. The Balaban J connectivity index is 1.99. The highest BCUT2D eigenvalue weighted by Gasteiger charge is 2.36. The van der Waals surface area contributed by atoms with Crippen LogP contribution in [0.2, 0.25) is 0 Å². The summed E-state index contributed by atoms with van der Waals surface area (Å²) in [5, 5.41) is 3.92. The second-order valence-electron chi connectivity index (χ2n) is 4.89. The van der Waals surface area contributed by atoms with Gasteiger partial charge in [-0.15, -0.1) is 0 Å². The van der Waals surface area contributed by atoms with E-state index in [1.54, 1.807) is 18.2 Å². The van der Waals surface area contributed by atoms with E-state index < -0.39 is 11.4 Å². The lowest BCUT2D eigenvalue weighted by molar-refractivity contribution is 0.372. The molecule has 0 spiro atoms. The summed E-state index contributed by atoms with van der Waals surface area (Å²) in [7, 11) is 0. The number of aromatic nitrogens is 2. The van der Waals surface area contributed by atoms with Gasteiger partial charge in [-0.05, 0) is 40.9 Å². The summed E-state index contributed by atoms with van der Waals surface area (Å²) in [5.74, 6) is 0.236. The molecule has 1 aromatic carbocycles. The molecule has 1 saturated carbocycles. The summed E-state index contributed by atoms with van der Waals surface area (Å²) in [5.41, 5.74) is 6.01. The Hall–Kier alpha value is -1.27. The zero-order valence-electron chi connectivity index (χ0n) is 10.2. The molecule has 1 aliphatic carbocycles. The second-order valence-corrected chi connectivity index (χ2v) is 5.74. The summed E-state index contributed by atoms with van der Waals surface area (Å²) in [4.78, 5) is 4.27. The molecule has 0 bridgehead atoms. The minimum Gasteiger partial charge on any atom is -0.334 e. The lowest BCUT2D eigenvalue weighted by Crippen LogP contribution is -2.34. The average Bonchev–Trinajstić information content (AvgIpc) is 3.02. The van der Waals surface area contributed by atoms with E-state index in [9.17, 15) is 4.39 Å². The van der Waals surface area contributed by atoms with E-state index in [4.69, 9.17) is 10.3 Å². The predicted octanol–water partition coefficient (Wildman–Crippen LogP) is 3.37. The normalized spacial score (nSPS) is 17.8. The van der Waals surface area contributed by atoms with E-state index in [-0.39, 0.29) is 11.5 Å². The standard InChI is InChI=1S/C13H13BrFN3O/c14-9-5-3-4-8(10(9)15)11-17-12(18-19-11)13(16)6-1-2-7-13/h3-5H,1-2,6-7,16H2. The number of rotatable bonds is 2. The lowest BCUT2D eigenvalue weighted by Gasteiger charge is -2.17. The molecule has 2 N–H and O–H groups in total. The molecule has 2 aromatic rings. The van der Waals surface area contributed by atoms with Crippen molar-refractivity contribution in [3.63, 3.8) is 0 Å². The van der Waals surface area contributed by atoms with Gasteiger partial charge in [0.25, 0.3) is 5.89 Å². The van der Waals surface area contributed by atoms with Gasteiger partial charge in [0.1, 0.15) is 5.82 Å². The maximum absolute atomic E-state index is 14.0. The summed E-state index contributed by atoms with van der Waals surface area (Å²) < 4.78 is 19.5. The van der Waals surface area contributed by atoms with Crippen molar-refractivity contribution in [2.75, 3.05) is 0 Å². The van der Waals surface area contributed by atoms with Crippen molar-refractivity contribution in [1.29, 1.82) is 0 Å². The Morgan fingerprint density at radius 1 is 1.32 bits per heavy atom. The number of nitrogens with two attached hydrogens (primary N) is 1. The van der Waals surface area contributed by atoms with Gasteiger partial charge in [0.2, 0.25) is 0 Å². The number of hydrogen-bond acceptors (Lipinski definition) is 4. The van der Waals surface area contributed by atoms with Crippen molar-refractivity contribution in [3.8, 4) is 11.5 Å². The van der Waals surface area contributed by atoms with Gasteiger partial charge >= 0.3 is 0 Å². The third-order valence-corrected chi connectivity index (χ3v) is 4.16. The average molecular weight is 326 g/mol. The molecule has 4 nitrogen and oxygen atoms in total. The Morgan fingerprint density at radius 2 is 2.05 bits per heavy atom. The molecule has 1 aliphatic rings. The zero-order valence-corrected chi connectivity index (χ0v) is 11.8. The van der Waals surface area contributed by atoms with Gasteiger partial charge in [-0.3, -0.25) is 0 Å². The highest BCUT2D eigenvalue weighted by atomic mass is 79.9. The molecule has 1 fully saturated rings. The fourth-order valence-electron chi connectivity index (χ4n) is 2.43. The molecule has 0 saturated heterocycles.